The predicted molar refractivity (Wildman–Crippen MR) is 78.9 cm³/mol. The number of hydrogen-bond acceptors (Lipinski definition) is 3. The van der Waals surface area contributed by atoms with Crippen LogP contribution < -0.4 is 10.6 Å². The number of nitrogens with one attached hydrogen (secondary N) is 2. The fourth-order valence-corrected chi connectivity index (χ4v) is 1.58. The molecule has 1 rings (SSSR count). The Morgan fingerprint density at radius 2 is 1.95 bits per heavy atom. The molecule has 20 heavy (non-hydrogen) atoms. The van der Waals surface area contributed by atoms with E-state index in [0.717, 1.165) is 12.8 Å². The Kier molecular flexibility index (Phi) is 6.56. The minimum absolute atomic E-state index is 0.0265. The molecule has 0 aromatic heterocycles. The molecule has 2 amide bonds. The van der Waals surface area contributed by atoms with Crippen molar-refractivity contribution in [1.29, 1.82) is 0 Å². The van der Waals surface area contributed by atoms with Gasteiger partial charge in [0.2, 0.25) is 0 Å². The monoisotopic (exact) mass is 278 g/mol. The first kappa shape index (κ1) is 16.0. The van der Waals surface area contributed by atoms with Crippen molar-refractivity contribution in [3.05, 3.63) is 29.8 Å². The molecule has 0 aliphatic heterocycles. The Labute approximate surface area is 119 Å². The van der Waals surface area contributed by atoms with E-state index in [1.165, 1.54) is 0 Å². The highest BCUT2D eigenvalue weighted by atomic mass is 16.5. The van der Waals surface area contributed by atoms with Crippen LogP contribution in [0, 0.1) is 0 Å². The summed E-state index contributed by atoms with van der Waals surface area (Å²) < 4.78 is 5.16. The maximum absolute atomic E-state index is 12.0. The largest absolute Gasteiger partial charge is 0.462 e. The SMILES string of the molecule is CCCCOC(=O)c1ccccc1NC(=O)NC(C)C. The number of unbranched alkanes of at least 4 members (excludes halogenated alkanes) is 1. The Hall–Kier alpha value is -2.04. The van der Waals surface area contributed by atoms with Crippen LogP contribution in [-0.2, 0) is 4.74 Å². The van der Waals surface area contributed by atoms with Crippen LogP contribution in [0.1, 0.15) is 44.0 Å². The van der Waals surface area contributed by atoms with Gasteiger partial charge in [0.05, 0.1) is 17.9 Å². The third-order valence-electron chi connectivity index (χ3n) is 2.55. The molecule has 0 spiro atoms. The lowest BCUT2D eigenvalue weighted by Crippen LogP contribution is -2.34. The number of ether oxygens (including phenoxy) is 1. The highest BCUT2D eigenvalue weighted by molar-refractivity contribution is 6.00. The van der Waals surface area contributed by atoms with Gasteiger partial charge in [-0.3, -0.25) is 0 Å². The van der Waals surface area contributed by atoms with E-state index in [9.17, 15) is 9.59 Å². The molecule has 0 unspecified atom stereocenters. The van der Waals surface area contributed by atoms with Gasteiger partial charge in [-0.2, -0.15) is 0 Å². The lowest BCUT2D eigenvalue weighted by molar-refractivity contribution is 0.0501. The van der Waals surface area contributed by atoms with Crippen LogP contribution in [0.15, 0.2) is 24.3 Å². The average Bonchev–Trinajstić information content (AvgIpc) is 2.38. The number of para-hydroxylation sites is 1. The summed E-state index contributed by atoms with van der Waals surface area (Å²) in [4.78, 5) is 23.6. The molecule has 0 aliphatic carbocycles. The lowest BCUT2D eigenvalue weighted by Gasteiger charge is -2.13. The molecule has 0 heterocycles. The van der Waals surface area contributed by atoms with Gasteiger partial charge < -0.3 is 15.4 Å². The van der Waals surface area contributed by atoms with Crippen LogP contribution in [0.4, 0.5) is 10.5 Å². The topological polar surface area (TPSA) is 67.4 Å². The molecular weight excluding hydrogens is 256 g/mol. The van der Waals surface area contributed by atoms with Crippen molar-refractivity contribution in [2.24, 2.45) is 0 Å². The smallest absolute Gasteiger partial charge is 0.340 e. The molecule has 110 valence electrons. The molecule has 0 radical (unpaired) electrons. The van der Waals surface area contributed by atoms with E-state index in [4.69, 9.17) is 4.74 Å². The third-order valence-corrected chi connectivity index (χ3v) is 2.55. The molecule has 0 bridgehead atoms. The van der Waals surface area contributed by atoms with Crippen molar-refractivity contribution in [3.8, 4) is 0 Å². The van der Waals surface area contributed by atoms with Crippen LogP contribution in [-0.4, -0.2) is 24.6 Å². The number of urea groups is 1. The van der Waals surface area contributed by atoms with Gasteiger partial charge in [-0.15, -0.1) is 0 Å². The minimum atomic E-state index is -0.418. The van der Waals surface area contributed by atoms with Gasteiger partial charge in [0.1, 0.15) is 0 Å². The van der Waals surface area contributed by atoms with E-state index in [0.29, 0.717) is 17.9 Å². The van der Waals surface area contributed by atoms with Gasteiger partial charge in [0.25, 0.3) is 0 Å². The van der Waals surface area contributed by atoms with Crippen molar-refractivity contribution in [1.82, 2.24) is 5.32 Å². The van der Waals surface area contributed by atoms with Crippen molar-refractivity contribution in [2.75, 3.05) is 11.9 Å². The molecular formula is C15H22N2O3. The van der Waals surface area contributed by atoms with Crippen LogP contribution in [0.5, 0.6) is 0 Å². The van der Waals surface area contributed by atoms with Crippen molar-refractivity contribution >= 4 is 17.7 Å². The fourth-order valence-electron chi connectivity index (χ4n) is 1.58. The van der Waals surface area contributed by atoms with Gasteiger partial charge in [0, 0.05) is 6.04 Å². The summed E-state index contributed by atoms with van der Waals surface area (Å²) in [7, 11) is 0. The van der Waals surface area contributed by atoms with Crippen molar-refractivity contribution < 1.29 is 14.3 Å². The van der Waals surface area contributed by atoms with Crippen LogP contribution in [0.2, 0.25) is 0 Å². The van der Waals surface area contributed by atoms with E-state index >= 15 is 0 Å². The average molecular weight is 278 g/mol. The Bertz CT molecular complexity index is 458. The van der Waals surface area contributed by atoms with E-state index < -0.39 is 5.97 Å². The van der Waals surface area contributed by atoms with Crippen molar-refractivity contribution in [2.45, 2.75) is 39.7 Å². The van der Waals surface area contributed by atoms with Crippen LogP contribution in [0.25, 0.3) is 0 Å². The second-order valence-electron chi connectivity index (χ2n) is 4.79. The molecule has 0 aliphatic rings. The first-order valence-electron chi connectivity index (χ1n) is 6.88. The minimum Gasteiger partial charge on any atom is -0.462 e. The van der Waals surface area contributed by atoms with E-state index in [-0.39, 0.29) is 12.1 Å². The second-order valence-corrected chi connectivity index (χ2v) is 4.79. The number of carbonyl (C=O) groups excluding carboxylic acids is 2. The quantitative estimate of drug-likeness (QED) is 0.620. The molecule has 5 heteroatoms. The van der Waals surface area contributed by atoms with Gasteiger partial charge in [0.15, 0.2) is 0 Å². The number of esters is 1. The summed E-state index contributed by atoms with van der Waals surface area (Å²) in [5.74, 6) is -0.418. The second kappa shape index (κ2) is 8.19. The zero-order valence-electron chi connectivity index (χ0n) is 12.2. The third kappa shape index (κ3) is 5.30. The first-order chi connectivity index (χ1) is 9.54. The molecule has 5 nitrogen and oxygen atoms in total. The van der Waals surface area contributed by atoms with Gasteiger partial charge in [-0.1, -0.05) is 25.5 Å². The summed E-state index contributed by atoms with van der Waals surface area (Å²) in [6.07, 6.45) is 1.79. The maximum atomic E-state index is 12.0. The molecule has 1 aromatic carbocycles. The summed E-state index contributed by atoms with van der Waals surface area (Å²) in [5.41, 5.74) is 0.814. The summed E-state index contributed by atoms with van der Waals surface area (Å²) >= 11 is 0. The van der Waals surface area contributed by atoms with Crippen LogP contribution in [0.3, 0.4) is 0 Å². The zero-order valence-corrected chi connectivity index (χ0v) is 12.2. The molecule has 2 N–H and O–H groups in total. The van der Waals surface area contributed by atoms with Gasteiger partial charge in [-0.25, -0.2) is 9.59 Å². The number of amides is 2. The Morgan fingerprint density at radius 3 is 2.60 bits per heavy atom. The molecule has 0 saturated heterocycles. The number of benzene rings is 1. The number of hydrogen-bond donors (Lipinski definition) is 2. The highest BCUT2D eigenvalue weighted by Crippen LogP contribution is 2.16. The standard InChI is InChI=1S/C15H22N2O3/c1-4-5-10-20-14(18)12-8-6-7-9-13(12)17-15(19)16-11(2)3/h6-9,11H,4-5,10H2,1-3H3,(H2,16,17,19). The fraction of sp³-hybridized carbons (Fsp3) is 0.467. The highest BCUT2D eigenvalue weighted by Gasteiger charge is 2.14. The number of carbonyl (C=O) groups is 2. The molecule has 0 fully saturated rings. The Morgan fingerprint density at radius 1 is 1.25 bits per heavy atom. The number of rotatable bonds is 6. The molecule has 1 aromatic rings. The first-order valence-corrected chi connectivity index (χ1v) is 6.88. The Balaban J connectivity index is 2.72. The van der Waals surface area contributed by atoms with Crippen LogP contribution >= 0.6 is 0 Å². The predicted octanol–water partition coefficient (Wildman–Crippen LogP) is 3.17. The summed E-state index contributed by atoms with van der Waals surface area (Å²) in [5, 5.41) is 5.37. The molecule has 0 atom stereocenters. The van der Waals surface area contributed by atoms with E-state index in [2.05, 4.69) is 10.6 Å². The summed E-state index contributed by atoms with van der Waals surface area (Å²) in [6.45, 7) is 6.15. The van der Waals surface area contributed by atoms with Gasteiger partial charge in [-0.05, 0) is 32.4 Å². The lowest BCUT2D eigenvalue weighted by atomic mass is 10.2. The van der Waals surface area contributed by atoms with Gasteiger partial charge >= 0.3 is 12.0 Å². The van der Waals surface area contributed by atoms with Crippen molar-refractivity contribution in [3.63, 3.8) is 0 Å². The normalized spacial score (nSPS) is 10.2. The van der Waals surface area contributed by atoms with E-state index in [1.807, 2.05) is 20.8 Å². The number of anilines is 1. The molecule has 0 saturated carbocycles. The maximum Gasteiger partial charge on any atom is 0.340 e. The zero-order chi connectivity index (χ0) is 15.0. The van der Waals surface area contributed by atoms with E-state index in [1.54, 1.807) is 24.3 Å². The summed E-state index contributed by atoms with van der Waals surface area (Å²) in [6, 6.07) is 6.50.